The van der Waals surface area contributed by atoms with Gasteiger partial charge in [-0.2, -0.15) is 4.98 Å². The van der Waals surface area contributed by atoms with Gasteiger partial charge in [0.05, 0.1) is 13.2 Å². The zero-order chi connectivity index (χ0) is 15.5. The van der Waals surface area contributed by atoms with Crippen molar-refractivity contribution in [2.45, 2.75) is 39.3 Å². The van der Waals surface area contributed by atoms with Crippen LogP contribution in [0.25, 0.3) is 0 Å². The fourth-order valence-corrected chi connectivity index (χ4v) is 1.57. The number of carbonyl (C=O) groups is 1. The maximum atomic E-state index is 11.9. The molecule has 0 radical (unpaired) electrons. The van der Waals surface area contributed by atoms with Gasteiger partial charge in [-0.3, -0.25) is 9.78 Å². The topological polar surface area (TPSA) is 101 Å². The molecule has 112 valence electrons. The van der Waals surface area contributed by atoms with E-state index in [0.29, 0.717) is 17.3 Å². The highest BCUT2D eigenvalue weighted by Crippen LogP contribution is 2.18. The summed E-state index contributed by atoms with van der Waals surface area (Å²) in [6.07, 6.45) is 1.48. The minimum atomic E-state index is -0.360. The SMILES string of the molecule is CC(C)(C)c1noc(CNC(=O)c2cc(CO)ccn2)n1. The lowest BCUT2D eigenvalue weighted by atomic mass is 9.96. The molecular weight excluding hydrogens is 272 g/mol. The monoisotopic (exact) mass is 290 g/mol. The smallest absolute Gasteiger partial charge is 0.270 e. The normalized spacial score (nSPS) is 11.4. The molecule has 7 heteroatoms. The van der Waals surface area contributed by atoms with Gasteiger partial charge in [0.15, 0.2) is 5.82 Å². The van der Waals surface area contributed by atoms with E-state index < -0.39 is 0 Å². The van der Waals surface area contributed by atoms with E-state index in [4.69, 9.17) is 9.63 Å². The Morgan fingerprint density at radius 1 is 1.43 bits per heavy atom. The van der Waals surface area contributed by atoms with Gasteiger partial charge in [-0.25, -0.2) is 0 Å². The number of nitrogens with one attached hydrogen (secondary N) is 1. The van der Waals surface area contributed by atoms with Crippen LogP contribution in [-0.2, 0) is 18.6 Å². The third-order valence-corrected chi connectivity index (χ3v) is 2.78. The number of hydrogen-bond acceptors (Lipinski definition) is 6. The van der Waals surface area contributed by atoms with E-state index in [0.717, 1.165) is 0 Å². The number of carbonyl (C=O) groups excluding carboxylic acids is 1. The molecule has 0 unspecified atom stereocenters. The Morgan fingerprint density at radius 2 is 2.19 bits per heavy atom. The van der Waals surface area contributed by atoms with Crippen LogP contribution in [0.2, 0.25) is 0 Å². The van der Waals surface area contributed by atoms with Crippen molar-refractivity contribution in [3.63, 3.8) is 0 Å². The van der Waals surface area contributed by atoms with E-state index in [9.17, 15) is 4.79 Å². The van der Waals surface area contributed by atoms with Crippen LogP contribution in [0.3, 0.4) is 0 Å². The third kappa shape index (κ3) is 3.85. The van der Waals surface area contributed by atoms with Crippen molar-refractivity contribution >= 4 is 5.91 Å². The first-order valence-electron chi connectivity index (χ1n) is 6.57. The van der Waals surface area contributed by atoms with Crippen LogP contribution in [0.15, 0.2) is 22.9 Å². The first-order chi connectivity index (χ1) is 9.90. The summed E-state index contributed by atoms with van der Waals surface area (Å²) < 4.78 is 5.09. The fraction of sp³-hybridized carbons (Fsp3) is 0.429. The van der Waals surface area contributed by atoms with Gasteiger partial charge in [0.1, 0.15) is 5.69 Å². The van der Waals surface area contributed by atoms with E-state index in [1.54, 1.807) is 6.07 Å². The molecule has 0 aliphatic carbocycles. The first-order valence-corrected chi connectivity index (χ1v) is 6.57. The Balaban J connectivity index is 1.99. The third-order valence-electron chi connectivity index (χ3n) is 2.78. The molecule has 0 spiro atoms. The average molecular weight is 290 g/mol. The quantitative estimate of drug-likeness (QED) is 0.877. The van der Waals surface area contributed by atoms with Gasteiger partial charge >= 0.3 is 0 Å². The van der Waals surface area contributed by atoms with E-state index in [1.807, 2.05) is 20.8 Å². The number of amides is 1. The van der Waals surface area contributed by atoms with Crippen LogP contribution >= 0.6 is 0 Å². The minimum absolute atomic E-state index is 0.132. The van der Waals surface area contributed by atoms with Gasteiger partial charge in [0.2, 0.25) is 5.89 Å². The summed E-state index contributed by atoms with van der Waals surface area (Å²) in [5, 5.41) is 15.6. The summed E-state index contributed by atoms with van der Waals surface area (Å²) in [7, 11) is 0. The number of nitrogens with zero attached hydrogens (tertiary/aromatic N) is 3. The van der Waals surface area contributed by atoms with Gasteiger partial charge in [0, 0.05) is 11.6 Å². The standard InChI is InChI=1S/C14H18N4O3/c1-14(2,3)13-17-11(21-18-13)7-16-12(20)10-6-9(8-19)4-5-15-10/h4-6,19H,7-8H2,1-3H3,(H,16,20). The summed E-state index contributed by atoms with van der Waals surface area (Å²) in [5.41, 5.74) is 0.656. The Labute approximate surface area is 122 Å². The average Bonchev–Trinajstić information content (AvgIpc) is 2.94. The van der Waals surface area contributed by atoms with Gasteiger partial charge in [0.25, 0.3) is 5.91 Å². The molecule has 0 atom stereocenters. The lowest BCUT2D eigenvalue weighted by Gasteiger charge is -2.10. The zero-order valence-electron chi connectivity index (χ0n) is 12.3. The summed E-state index contributed by atoms with van der Waals surface area (Å²) in [5.74, 6) is 0.569. The molecule has 7 nitrogen and oxygen atoms in total. The van der Waals surface area contributed by atoms with Crippen molar-refractivity contribution in [2.24, 2.45) is 0 Å². The van der Waals surface area contributed by atoms with Crippen molar-refractivity contribution in [3.8, 4) is 0 Å². The number of pyridine rings is 1. The van der Waals surface area contributed by atoms with Crippen molar-refractivity contribution in [1.29, 1.82) is 0 Å². The van der Waals surface area contributed by atoms with E-state index in [-0.39, 0.29) is 30.2 Å². The first kappa shape index (κ1) is 15.1. The largest absolute Gasteiger partial charge is 0.392 e. The molecule has 0 saturated carbocycles. The molecule has 2 N–H and O–H groups in total. The van der Waals surface area contributed by atoms with Crippen molar-refractivity contribution in [2.75, 3.05) is 0 Å². The van der Waals surface area contributed by atoms with Crippen LogP contribution in [0.1, 0.15) is 48.5 Å². The van der Waals surface area contributed by atoms with Gasteiger partial charge in [-0.15, -0.1) is 0 Å². The Bertz CT molecular complexity index is 631. The number of aromatic nitrogens is 3. The molecule has 2 rings (SSSR count). The number of rotatable bonds is 4. The molecule has 2 heterocycles. The summed E-state index contributed by atoms with van der Waals surface area (Å²) >= 11 is 0. The lowest BCUT2D eigenvalue weighted by Crippen LogP contribution is -2.24. The second kappa shape index (κ2) is 6.01. The molecule has 0 saturated heterocycles. The van der Waals surface area contributed by atoms with E-state index in [2.05, 4.69) is 20.4 Å². The predicted octanol–water partition coefficient (Wildman–Crippen LogP) is 1.18. The Morgan fingerprint density at radius 3 is 2.81 bits per heavy atom. The number of aliphatic hydroxyl groups is 1. The Kier molecular flexibility index (Phi) is 4.32. The molecule has 21 heavy (non-hydrogen) atoms. The van der Waals surface area contributed by atoms with Gasteiger partial charge < -0.3 is 14.9 Å². The van der Waals surface area contributed by atoms with Crippen LogP contribution in [0.5, 0.6) is 0 Å². The number of hydrogen-bond donors (Lipinski definition) is 2. The van der Waals surface area contributed by atoms with Crippen LogP contribution in [0.4, 0.5) is 0 Å². The van der Waals surface area contributed by atoms with Gasteiger partial charge in [-0.1, -0.05) is 25.9 Å². The molecule has 0 bridgehead atoms. The van der Waals surface area contributed by atoms with Gasteiger partial charge in [-0.05, 0) is 17.7 Å². The summed E-state index contributed by atoms with van der Waals surface area (Å²) in [4.78, 5) is 20.1. The maximum absolute atomic E-state index is 11.9. The number of aliphatic hydroxyl groups excluding tert-OH is 1. The minimum Gasteiger partial charge on any atom is -0.392 e. The summed E-state index contributed by atoms with van der Waals surface area (Å²) in [6, 6.07) is 3.17. The molecule has 1 amide bonds. The van der Waals surface area contributed by atoms with Crippen LogP contribution < -0.4 is 5.32 Å². The predicted molar refractivity (Wildman–Crippen MR) is 74.3 cm³/mol. The molecular formula is C14H18N4O3. The van der Waals surface area contributed by atoms with Crippen LogP contribution in [-0.4, -0.2) is 26.1 Å². The molecule has 0 aromatic carbocycles. The summed E-state index contributed by atoms with van der Waals surface area (Å²) in [6.45, 7) is 5.92. The lowest BCUT2D eigenvalue weighted by molar-refractivity contribution is 0.0941. The molecule has 0 fully saturated rings. The molecule has 0 aliphatic rings. The second-order valence-corrected chi connectivity index (χ2v) is 5.65. The fourth-order valence-electron chi connectivity index (χ4n) is 1.57. The van der Waals surface area contributed by atoms with Crippen molar-refractivity contribution in [1.82, 2.24) is 20.4 Å². The van der Waals surface area contributed by atoms with Crippen molar-refractivity contribution in [3.05, 3.63) is 41.3 Å². The zero-order valence-corrected chi connectivity index (χ0v) is 12.3. The Hall–Kier alpha value is -2.28. The van der Waals surface area contributed by atoms with Crippen molar-refractivity contribution < 1.29 is 14.4 Å². The van der Waals surface area contributed by atoms with E-state index in [1.165, 1.54) is 12.3 Å². The molecule has 0 aliphatic heterocycles. The van der Waals surface area contributed by atoms with E-state index >= 15 is 0 Å². The highest BCUT2D eigenvalue weighted by Gasteiger charge is 2.21. The molecule has 2 aromatic rings. The highest BCUT2D eigenvalue weighted by atomic mass is 16.5. The maximum Gasteiger partial charge on any atom is 0.270 e. The van der Waals surface area contributed by atoms with Crippen LogP contribution in [0, 0.1) is 0 Å². The molecule has 2 aromatic heterocycles. The second-order valence-electron chi connectivity index (χ2n) is 5.65. The highest BCUT2D eigenvalue weighted by molar-refractivity contribution is 5.92.